The van der Waals surface area contributed by atoms with E-state index in [1.54, 1.807) is 0 Å². The van der Waals surface area contributed by atoms with Crippen LogP contribution < -0.4 is 0 Å². The molecule has 26 heavy (non-hydrogen) atoms. The molecule has 5 nitrogen and oxygen atoms in total. The smallest absolute Gasteiger partial charge is 0.155 e. The van der Waals surface area contributed by atoms with Gasteiger partial charge in [-0.1, -0.05) is 36.4 Å². The van der Waals surface area contributed by atoms with Crippen molar-refractivity contribution in [3.63, 3.8) is 0 Å². The van der Waals surface area contributed by atoms with E-state index in [4.69, 9.17) is 10.1 Å². The molecule has 3 aromatic rings. The van der Waals surface area contributed by atoms with Gasteiger partial charge in [0.1, 0.15) is 0 Å². The highest BCUT2D eigenvalue weighted by molar-refractivity contribution is 5.23. The minimum Gasteiger partial charge on any atom is -0.294 e. The fourth-order valence-corrected chi connectivity index (χ4v) is 3.59. The molecule has 0 bridgehead atoms. The lowest BCUT2D eigenvalue weighted by molar-refractivity contribution is 0.250. The Morgan fingerprint density at radius 3 is 2.46 bits per heavy atom. The number of hydrogen-bond donors (Lipinski definition) is 0. The molecular formula is C21H25N5. The van der Waals surface area contributed by atoms with Gasteiger partial charge in [0, 0.05) is 12.6 Å². The zero-order valence-electron chi connectivity index (χ0n) is 15.3. The topological polar surface area (TPSA) is 46.8 Å². The Kier molecular flexibility index (Phi) is 5.07. The Bertz CT molecular complexity index is 822. The normalized spacial score (nSPS) is 16.0. The van der Waals surface area contributed by atoms with E-state index in [1.807, 2.05) is 35.1 Å². The van der Waals surface area contributed by atoms with Gasteiger partial charge >= 0.3 is 0 Å². The molecular weight excluding hydrogens is 322 g/mol. The van der Waals surface area contributed by atoms with Crippen LogP contribution in [0.25, 0.3) is 5.82 Å². The van der Waals surface area contributed by atoms with Crippen LogP contribution in [0, 0.1) is 0 Å². The summed E-state index contributed by atoms with van der Waals surface area (Å²) in [5.41, 5.74) is 1.32. The number of pyridine rings is 1. The van der Waals surface area contributed by atoms with Crippen LogP contribution in [0.5, 0.6) is 0 Å². The van der Waals surface area contributed by atoms with E-state index in [-0.39, 0.29) is 6.04 Å². The number of nitrogens with zero attached hydrogens (tertiary/aromatic N) is 5. The minimum absolute atomic E-state index is 0.248. The van der Waals surface area contributed by atoms with Crippen LogP contribution in [0.3, 0.4) is 0 Å². The predicted molar refractivity (Wildman–Crippen MR) is 102 cm³/mol. The highest BCUT2D eigenvalue weighted by atomic mass is 15.4. The lowest BCUT2D eigenvalue weighted by Crippen LogP contribution is -2.26. The summed E-state index contributed by atoms with van der Waals surface area (Å²) < 4.78 is 1.93. The Balaban J connectivity index is 1.61. The summed E-state index contributed by atoms with van der Waals surface area (Å²) in [5, 5.41) is 4.80. The second-order valence-corrected chi connectivity index (χ2v) is 6.89. The number of aryl methyl sites for hydroxylation is 2. The van der Waals surface area contributed by atoms with E-state index < -0.39 is 0 Å². The third-order valence-electron chi connectivity index (χ3n) is 5.08. The second kappa shape index (κ2) is 7.79. The molecule has 1 atom stereocenters. The average Bonchev–Trinajstić information content (AvgIpc) is 3.38. The first-order valence-electron chi connectivity index (χ1n) is 9.46. The van der Waals surface area contributed by atoms with Gasteiger partial charge in [-0.3, -0.25) is 4.90 Å². The molecule has 0 amide bonds. The Morgan fingerprint density at radius 2 is 1.73 bits per heavy atom. The molecule has 0 aliphatic carbocycles. The SMILES string of the molecule is C[C@H](c1nc(CCc2ccccc2)nn1-c1ccccn1)N1CCCC1. The summed E-state index contributed by atoms with van der Waals surface area (Å²) >= 11 is 0. The van der Waals surface area contributed by atoms with Crippen molar-refractivity contribution in [1.82, 2.24) is 24.6 Å². The molecule has 2 aromatic heterocycles. The molecule has 1 aromatic carbocycles. The van der Waals surface area contributed by atoms with Crippen LogP contribution in [0.4, 0.5) is 0 Å². The molecule has 4 rings (SSSR count). The van der Waals surface area contributed by atoms with E-state index in [2.05, 4.69) is 41.1 Å². The van der Waals surface area contributed by atoms with Gasteiger partial charge < -0.3 is 0 Å². The Morgan fingerprint density at radius 1 is 0.962 bits per heavy atom. The molecule has 5 heteroatoms. The lowest BCUT2D eigenvalue weighted by Gasteiger charge is -2.22. The number of aromatic nitrogens is 4. The monoisotopic (exact) mass is 347 g/mol. The molecule has 0 radical (unpaired) electrons. The zero-order chi connectivity index (χ0) is 17.8. The highest BCUT2D eigenvalue weighted by Gasteiger charge is 2.25. The van der Waals surface area contributed by atoms with Crippen LogP contribution in [0.2, 0.25) is 0 Å². The minimum atomic E-state index is 0.248. The summed E-state index contributed by atoms with van der Waals surface area (Å²) in [4.78, 5) is 11.9. The number of benzene rings is 1. The van der Waals surface area contributed by atoms with Crippen LogP contribution >= 0.6 is 0 Å². The number of rotatable bonds is 6. The van der Waals surface area contributed by atoms with Gasteiger partial charge in [-0.05, 0) is 57.0 Å². The zero-order valence-corrected chi connectivity index (χ0v) is 15.3. The molecule has 0 saturated carbocycles. The molecule has 0 N–H and O–H groups in total. The van der Waals surface area contributed by atoms with Crippen molar-refractivity contribution in [3.05, 3.63) is 71.9 Å². The van der Waals surface area contributed by atoms with Gasteiger partial charge in [-0.2, -0.15) is 4.68 Å². The van der Waals surface area contributed by atoms with Crippen molar-refractivity contribution in [1.29, 1.82) is 0 Å². The largest absolute Gasteiger partial charge is 0.294 e. The maximum Gasteiger partial charge on any atom is 0.155 e. The van der Waals surface area contributed by atoms with Crippen molar-refractivity contribution in [2.45, 2.75) is 38.6 Å². The van der Waals surface area contributed by atoms with Crippen LogP contribution in [-0.2, 0) is 12.8 Å². The molecule has 3 heterocycles. The fourth-order valence-electron chi connectivity index (χ4n) is 3.59. The Hall–Kier alpha value is -2.53. The van der Waals surface area contributed by atoms with Gasteiger partial charge in [0.05, 0.1) is 6.04 Å². The van der Waals surface area contributed by atoms with Crippen molar-refractivity contribution >= 4 is 0 Å². The van der Waals surface area contributed by atoms with Crippen molar-refractivity contribution in [3.8, 4) is 5.82 Å². The molecule has 1 aliphatic heterocycles. The summed E-state index contributed by atoms with van der Waals surface area (Å²) in [5.74, 6) is 2.72. The fraction of sp³-hybridized carbons (Fsp3) is 0.381. The van der Waals surface area contributed by atoms with E-state index in [0.29, 0.717) is 0 Å². The van der Waals surface area contributed by atoms with Gasteiger partial charge in [-0.25, -0.2) is 9.97 Å². The summed E-state index contributed by atoms with van der Waals surface area (Å²) in [6, 6.07) is 16.7. The molecule has 1 fully saturated rings. The van der Waals surface area contributed by atoms with Crippen molar-refractivity contribution < 1.29 is 0 Å². The third kappa shape index (κ3) is 3.68. The lowest BCUT2D eigenvalue weighted by atomic mass is 10.1. The standard InChI is InChI=1S/C21H25N5/c1-17(25-15-7-8-16-25)21-23-19(13-12-18-9-3-2-4-10-18)24-26(21)20-11-5-6-14-22-20/h2-6,9-11,14,17H,7-8,12-13,15-16H2,1H3/t17-/m1/s1. The van der Waals surface area contributed by atoms with Crippen molar-refractivity contribution in [2.24, 2.45) is 0 Å². The molecule has 1 aliphatic rings. The average molecular weight is 347 g/mol. The number of hydrogen-bond acceptors (Lipinski definition) is 4. The number of likely N-dealkylation sites (tertiary alicyclic amines) is 1. The third-order valence-corrected chi connectivity index (χ3v) is 5.08. The first kappa shape index (κ1) is 16.9. The molecule has 134 valence electrons. The van der Waals surface area contributed by atoms with Crippen LogP contribution in [-0.4, -0.2) is 37.7 Å². The van der Waals surface area contributed by atoms with Crippen LogP contribution in [0.1, 0.15) is 43.0 Å². The quantitative estimate of drug-likeness (QED) is 0.683. The van der Waals surface area contributed by atoms with Gasteiger partial charge in [0.25, 0.3) is 0 Å². The molecule has 1 saturated heterocycles. The highest BCUT2D eigenvalue weighted by Crippen LogP contribution is 2.25. The van der Waals surface area contributed by atoms with Gasteiger partial charge in [0.2, 0.25) is 0 Å². The summed E-state index contributed by atoms with van der Waals surface area (Å²) in [6.45, 7) is 4.50. The summed E-state index contributed by atoms with van der Waals surface area (Å²) in [7, 11) is 0. The maximum atomic E-state index is 4.92. The van der Waals surface area contributed by atoms with Gasteiger partial charge in [-0.15, -0.1) is 5.10 Å². The summed E-state index contributed by atoms with van der Waals surface area (Å²) in [6.07, 6.45) is 6.13. The predicted octanol–water partition coefficient (Wildman–Crippen LogP) is 3.60. The van der Waals surface area contributed by atoms with E-state index in [1.165, 1.54) is 18.4 Å². The molecule has 0 unspecified atom stereocenters. The van der Waals surface area contributed by atoms with E-state index in [0.717, 1.165) is 43.4 Å². The first-order chi connectivity index (χ1) is 12.8. The maximum absolute atomic E-state index is 4.92. The molecule has 0 spiro atoms. The second-order valence-electron chi connectivity index (χ2n) is 6.89. The van der Waals surface area contributed by atoms with Crippen LogP contribution in [0.15, 0.2) is 54.7 Å². The van der Waals surface area contributed by atoms with Crippen molar-refractivity contribution in [2.75, 3.05) is 13.1 Å². The Labute approximate surface area is 154 Å². The van der Waals surface area contributed by atoms with E-state index in [9.17, 15) is 0 Å². The first-order valence-corrected chi connectivity index (χ1v) is 9.46. The van der Waals surface area contributed by atoms with E-state index >= 15 is 0 Å². The van der Waals surface area contributed by atoms with Gasteiger partial charge in [0.15, 0.2) is 17.5 Å².